The van der Waals surface area contributed by atoms with Gasteiger partial charge in [0.2, 0.25) is 5.91 Å². The summed E-state index contributed by atoms with van der Waals surface area (Å²) < 4.78 is 5.63. The van der Waals surface area contributed by atoms with E-state index in [0.29, 0.717) is 32.7 Å². The zero-order chi connectivity index (χ0) is 21.2. The van der Waals surface area contributed by atoms with Crippen LogP contribution in [0.2, 0.25) is 0 Å². The van der Waals surface area contributed by atoms with E-state index in [1.807, 2.05) is 53.4 Å². The lowest BCUT2D eigenvalue weighted by molar-refractivity contribution is -0.128. The molecule has 0 radical (unpaired) electrons. The normalized spacial score (nSPS) is 13.5. The quantitative estimate of drug-likeness (QED) is 0.588. The summed E-state index contributed by atoms with van der Waals surface area (Å²) in [4.78, 5) is 26.0. The van der Waals surface area contributed by atoms with Crippen LogP contribution in [0.5, 0.6) is 0 Å². The molecular formula is C24H31N3O3. The van der Waals surface area contributed by atoms with Crippen molar-refractivity contribution in [2.75, 3.05) is 13.2 Å². The highest BCUT2D eigenvalue weighted by Crippen LogP contribution is 2.15. The highest BCUT2D eigenvalue weighted by molar-refractivity contribution is 5.78. The summed E-state index contributed by atoms with van der Waals surface area (Å²) in [5, 5.41) is 5.83. The van der Waals surface area contributed by atoms with Crippen LogP contribution in [0.4, 0.5) is 4.79 Å². The topological polar surface area (TPSA) is 70.7 Å². The Balaban J connectivity index is 1.46. The van der Waals surface area contributed by atoms with Crippen molar-refractivity contribution in [3.63, 3.8) is 0 Å². The van der Waals surface area contributed by atoms with E-state index < -0.39 is 0 Å². The van der Waals surface area contributed by atoms with Crippen molar-refractivity contribution in [1.82, 2.24) is 15.5 Å². The van der Waals surface area contributed by atoms with Crippen LogP contribution in [0.25, 0.3) is 0 Å². The van der Waals surface area contributed by atoms with Crippen LogP contribution in [0.1, 0.15) is 48.4 Å². The summed E-state index contributed by atoms with van der Waals surface area (Å²) in [5.74, 6) is 0.221. The highest BCUT2D eigenvalue weighted by Gasteiger charge is 2.19. The van der Waals surface area contributed by atoms with Crippen LogP contribution in [-0.4, -0.2) is 30.0 Å². The van der Waals surface area contributed by atoms with E-state index in [4.69, 9.17) is 4.74 Å². The third-order valence-corrected chi connectivity index (χ3v) is 5.15. The summed E-state index contributed by atoms with van der Waals surface area (Å²) in [5.41, 5.74) is 4.25. The fourth-order valence-corrected chi connectivity index (χ4v) is 3.55. The Morgan fingerprint density at radius 1 is 1.03 bits per heavy atom. The summed E-state index contributed by atoms with van der Waals surface area (Å²) in [7, 11) is 0. The Morgan fingerprint density at radius 3 is 2.57 bits per heavy atom. The zero-order valence-electron chi connectivity index (χ0n) is 17.7. The average Bonchev–Trinajstić information content (AvgIpc) is 3.16. The molecule has 0 aliphatic carbocycles. The second kappa shape index (κ2) is 11.4. The largest absolute Gasteiger partial charge is 0.377 e. The molecule has 0 bridgehead atoms. The van der Waals surface area contributed by atoms with Gasteiger partial charge in [-0.25, -0.2) is 4.79 Å². The molecule has 0 aromatic heterocycles. The molecule has 3 amide bonds. The maximum absolute atomic E-state index is 12.3. The molecule has 1 heterocycles. The van der Waals surface area contributed by atoms with E-state index in [2.05, 4.69) is 17.6 Å². The Hall–Kier alpha value is -2.86. The molecule has 0 saturated carbocycles. The van der Waals surface area contributed by atoms with Gasteiger partial charge in [-0.1, -0.05) is 55.5 Å². The number of hydrogen-bond donors (Lipinski definition) is 2. The van der Waals surface area contributed by atoms with Gasteiger partial charge < -0.3 is 20.3 Å². The smallest absolute Gasteiger partial charge is 0.315 e. The predicted molar refractivity (Wildman–Crippen MR) is 117 cm³/mol. The van der Waals surface area contributed by atoms with Gasteiger partial charge in [0.05, 0.1) is 6.61 Å². The number of nitrogens with zero attached hydrogens (tertiary/aromatic N) is 1. The van der Waals surface area contributed by atoms with Crippen LogP contribution in [0.15, 0.2) is 48.5 Å². The lowest BCUT2D eigenvalue weighted by atomic mass is 10.1. The van der Waals surface area contributed by atoms with Gasteiger partial charge in [-0.15, -0.1) is 0 Å². The Bertz CT molecular complexity index is 853. The number of hydrogen-bond acceptors (Lipinski definition) is 3. The molecule has 3 rings (SSSR count). The lowest BCUT2D eigenvalue weighted by Gasteiger charge is -2.16. The molecule has 6 heteroatoms. The van der Waals surface area contributed by atoms with Gasteiger partial charge >= 0.3 is 6.03 Å². The van der Waals surface area contributed by atoms with E-state index in [-0.39, 0.29) is 11.9 Å². The van der Waals surface area contributed by atoms with Crippen LogP contribution < -0.4 is 10.6 Å². The lowest BCUT2D eigenvalue weighted by Crippen LogP contribution is -2.34. The summed E-state index contributed by atoms with van der Waals surface area (Å²) >= 11 is 0. The molecule has 30 heavy (non-hydrogen) atoms. The van der Waals surface area contributed by atoms with Crippen molar-refractivity contribution < 1.29 is 14.3 Å². The maximum atomic E-state index is 12.3. The van der Waals surface area contributed by atoms with Gasteiger partial charge in [-0.05, 0) is 35.1 Å². The third-order valence-electron chi connectivity index (χ3n) is 5.15. The minimum atomic E-state index is -0.209. The molecule has 160 valence electrons. The number of urea groups is 1. The van der Waals surface area contributed by atoms with E-state index in [9.17, 15) is 9.59 Å². The third kappa shape index (κ3) is 6.59. The first kappa shape index (κ1) is 21.8. The molecule has 1 saturated heterocycles. The molecule has 2 N–H and O–H groups in total. The first-order valence-corrected chi connectivity index (χ1v) is 10.7. The number of carbonyl (C=O) groups excluding carboxylic acids is 2. The van der Waals surface area contributed by atoms with Crippen LogP contribution in [0.3, 0.4) is 0 Å². The van der Waals surface area contributed by atoms with Gasteiger partial charge in [-0.3, -0.25) is 4.79 Å². The van der Waals surface area contributed by atoms with Gasteiger partial charge in [0, 0.05) is 39.2 Å². The second-order valence-corrected chi connectivity index (χ2v) is 7.60. The molecule has 0 atom stereocenters. The molecule has 2 aromatic carbocycles. The molecule has 1 aliphatic heterocycles. The van der Waals surface area contributed by atoms with Gasteiger partial charge in [-0.2, -0.15) is 0 Å². The van der Waals surface area contributed by atoms with Crippen molar-refractivity contribution in [3.05, 3.63) is 70.8 Å². The van der Waals surface area contributed by atoms with Crippen LogP contribution in [-0.2, 0) is 35.8 Å². The Kier molecular flexibility index (Phi) is 8.27. The second-order valence-electron chi connectivity index (χ2n) is 7.60. The monoisotopic (exact) mass is 409 g/mol. The zero-order valence-corrected chi connectivity index (χ0v) is 17.7. The van der Waals surface area contributed by atoms with Crippen molar-refractivity contribution >= 4 is 11.9 Å². The van der Waals surface area contributed by atoms with Gasteiger partial charge in [0.25, 0.3) is 0 Å². The van der Waals surface area contributed by atoms with E-state index in [1.54, 1.807) is 0 Å². The summed E-state index contributed by atoms with van der Waals surface area (Å²) in [6, 6.07) is 15.8. The van der Waals surface area contributed by atoms with Crippen molar-refractivity contribution in [1.29, 1.82) is 0 Å². The van der Waals surface area contributed by atoms with Crippen LogP contribution >= 0.6 is 0 Å². The fraction of sp³-hybridized carbons (Fsp3) is 0.417. The average molecular weight is 410 g/mol. The van der Waals surface area contributed by atoms with Crippen LogP contribution in [0, 0.1) is 0 Å². The predicted octanol–water partition coefficient (Wildman–Crippen LogP) is 3.74. The molecule has 1 fully saturated rings. The minimum absolute atomic E-state index is 0.209. The van der Waals surface area contributed by atoms with E-state index >= 15 is 0 Å². The highest BCUT2D eigenvalue weighted by atomic mass is 16.5. The maximum Gasteiger partial charge on any atom is 0.315 e. The molecule has 2 aromatic rings. The van der Waals surface area contributed by atoms with Crippen molar-refractivity contribution in [3.8, 4) is 0 Å². The summed E-state index contributed by atoms with van der Waals surface area (Å²) in [6.45, 7) is 5.72. The van der Waals surface area contributed by atoms with Gasteiger partial charge in [0.1, 0.15) is 0 Å². The number of ether oxygens (including phenoxy) is 1. The summed E-state index contributed by atoms with van der Waals surface area (Å²) in [6.07, 6.45) is 2.57. The number of nitrogens with one attached hydrogen (secondary N) is 2. The molecular weight excluding hydrogens is 378 g/mol. The fourth-order valence-electron chi connectivity index (χ4n) is 3.55. The number of likely N-dealkylation sites (tertiary alicyclic amines) is 1. The molecule has 1 aliphatic rings. The van der Waals surface area contributed by atoms with E-state index in [0.717, 1.165) is 48.2 Å². The minimum Gasteiger partial charge on any atom is -0.377 e. The standard InChI is InChI=1S/C24H31N3O3/c1-2-13-30-18-22-10-4-3-9-21(22)16-26-24(29)25-15-19-7-5-8-20(14-19)17-27-12-6-11-23(27)28/h3-5,7-10,14H,2,6,11-13,15-18H2,1H3,(H2,25,26,29). The Labute approximate surface area is 178 Å². The number of carbonyl (C=O) groups is 2. The molecule has 0 unspecified atom stereocenters. The first-order chi connectivity index (χ1) is 14.7. The number of amides is 3. The number of rotatable bonds is 10. The SMILES string of the molecule is CCCOCc1ccccc1CNC(=O)NCc1cccc(CN2CCCC2=O)c1. The van der Waals surface area contributed by atoms with Gasteiger partial charge in [0.15, 0.2) is 0 Å². The molecule has 0 spiro atoms. The Morgan fingerprint density at radius 2 is 1.80 bits per heavy atom. The van der Waals surface area contributed by atoms with E-state index in [1.165, 1.54) is 0 Å². The number of benzene rings is 2. The molecule has 6 nitrogen and oxygen atoms in total. The first-order valence-electron chi connectivity index (χ1n) is 10.7. The van der Waals surface area contributed by atoms with Crippen molar-refractivity contribution in [2.24, 2.45) is 0 Å². The van der Waals surface area contributed by atoms with Crippen molar-refractivity contribution in [2.45, 2.75) is 52.4 Å².